The molecule has 0 aliphatic rings. The second kappa shape index (κ2) is 6.12. The average molecular weight is 305 g/mol. The quantitative estimate of drug-likeness (QED) is 0.923. The van der Waals surface area contributed by atoms with Gasteiger partial charge in [-0.1, -0.05) is 34.1 Å². The minimum Gasteiger partial charge on any atom is -0.305 e. The molecule has 2 aromatic rings. The summed E-state index contributed by atoms with van der Waals surface area (Å²) in [7, 11) is 0. The van der Waals surface area contributed by atoms with Crippen molar-refractivity contribution in [2.45, 2.75) is 26.4 Å². The standard InChI is InChI=1S/C15H17BrN2/c1-11-6-7-13(14(16)9-11)10-18-12(2)15-5-3-4-8-17-15/h3-9,12,18H,10H2,1-2H3/t12-/m1/s1. The summed E-state index contributed by atoms with van der Waals surface area (Å²) in [5.41, 5.74) is 3.60. The van der Waals surface area contributed by atoms with E-state index in [4.69, 9.17) is 0 Å². The molecule has 1 aromatic carbocycles. The fraction of sp³-hybridized carbons (Fsp3) is 0.267. The summed E-state index contributed by atoms with van der Waals surface area (Å²) in [6.45, 7) is 5.06. The van der Waals surface area contributed by atoms with E-state index >= 15 is 0 Å². The van der Waals surface area contributed by atoms with E-state index in [9.17, 15) is 0 Å². The lowest BCUT2D eigenvalue weighted by Crippen LogP contribution is -2.19. The van der Waals surface area contributed by atoms with E-state index in [0.717, 1.165) is 16.7 Å². The Morgan fingerprint density at radius 3 is 2.78 bits per heavy atom. The Labute approximate surface area is 117 Å². The van der Waals surface area contributed by atoms with Crippen molar-refractivity contribution in [3.05, 3.63) is 63.9 Å². The number of halogens is 1. The minimum absolute atomic E-state index is 0.249. The monoisotopic (exact) mass is 304 g/mol. The molecule has 0 aliphatic heterocycles. The lowest BCUT2D eigenvalue weighted by Gasteiger charge is -2.14. The summed E-state index contributed by atoms with van der Waals surface area (Å²) < 4.78 is 1.16. The molecule has 0 saturated carbocycles. The fourth-order valence-electron chi connectivity index (χ4n) is 1.80. The maximum atomic E-state index is 4.35. The van der Waals surface area contributed by atoms with Gasteiger partial charge in [-0.15, -0.1) is 0 Å². The van der Waals surface area contributed by atoms with Crippen LogP contribution in [0.5, 0.6) is 0 Å². The van der Waals surface area contributed by atoms with E-state index in [1.165, 1.54) is 11.1 Å². The average Bonchev–Trinajstić information content (AvgIpc) is 2.38. The van der Waals surface area contributed by atoms with Crippen molar-refractivity contribution in [3.63, 3.8) is 0 Å². The number of aromatic nitrogens is 1. The number of aryl methyl sites for hydroxylation is 1. The highest BCUT2D eigenvalue weighted by Crippen LogP contribution is 2.19. The third kappa shape index (κ3) is 3.40. The van der Waals surface area contributed by atoms with E-state index in [2.05, 4.69) is 58.3 Å². The largest absolute Gasteiger partial charge is 0.305 e. The first-order valence-corrected chi connectivity index (χ1v) is 6.85. The predicted octanol–water partition coefficient (Wildman–Crippen LogP) is 4.00. The molecule has 0 aliphatic carbocycles. The van der Waals surface area contributed by atoms with Crippen LogP contribution in [0.2, 0.25) is 0 Å². The molecular weight excluding hydrogens is 288 g/mol. The Hall–Kier alpha value is -1.19. The lowest BCUT2D eigenvalue weighted by atomic mass is 10.1. The van der Waals surface area contributed by atoms with Crippen LogP contribution >= 0.6 is 15.9 Å². The van der Waals surface area contributed by atoms with Crippen molar-refractivity contribution in [2.75, 3.05) is 0 Å². The Morgan fingerprint density at radius 1 is 1.28 bits per heavy atom. The van der Waals surface area contributed by atoms with Gasteiger partial charge < -0.3 is 5.32 Å². The molecule has 1 aromatic heterocycles. The summed E-state index contributed by atoms with van der Waals surface area (Å²) in [4.78, 5) is 4.35. The number of nitrogens with zero attached hydrogens (tertiary/aromatic N) is 1. The van der Waals surface area contributed by atoms with E-state index in [-0.39, 0.29) is 6.04 Å². The first-order valence-electron chi connectivity index (χ1n) is 6.06. The van der Waals surface area contributed by atoms with E-state index < -0.39 is 0 Å². The molecule has 0 bridgehead atoms. The van der Waals surface area contributed by atoms with Gasteiger partial charge in [0.15, 0.2) is 0 Å². The van der Waals surface area contributed by atoms with Gasteiger partial charge in [0, 0.05) is 23.3 Å². The molecule has 0 radical (unpaired) electrons. The summed E-state index contributed by atoms with van der Waals surface area (Å²) in [6.07, 6.45) is 1.83. The van der Waals surface area contributed by atoms with Crippen LogP contribution in [0, 0.1) is 6.92 Å². The zero-order chi connectivity index (χ0) is 13.0. The first-order chi connectivity index (χ1) is 8.66. The smallest absolute Gasteiger partial charge is 0.0570 e. The van der Waals surface area contributed by atoms with Crippen molar-refractivity contribution in [2.24, 2.45) is 0 Å². The lowest BCUT2D eigenvalue weighted by molar-refractivity contribution is 0.560. The zero-order valence-electron chi connectivity index (χ0n) is 10.7. The molecule has 18 heavy (non-hydrogen) atoms. The van der Waals surface area contributed by atoms with Crippen LogP contribution in [-0.4, -0.2) is 4.98 Å². The fourth-order valence-corrected chi connectivity index (χ4v) is 2.43. The number of hydrogen-bond acceptors (Lipinski definition) is 2. The molecule has 1 N–H and O–H groups in total. The second-order valence-electron chi connectivity index (χ2n) is 4.45. The third-order valence-corrected chi connectivity index (χ3v) is 3.68. The molecule has 0 fully saturated rings. The maximum Gasteiger partial charge on any atom is 0.0570 e. The van der Waals surface area contributed by atoms with E-state index in [1.54, 1.807) is 0 Å². The van der Waals surface area contributed by atoms with Crippen molar-refractivity contribution < 1.29 is 0 Å². The van der Waals surface area contributed by atoms with Gasteiger partial charge in [0.25, 0.3) is 0 Å². The normalized spacial score (nSPS) is 12.4. The van der Waals surface area contributed by atoms with Crippen LogP contribution in [0.15, 0.2) is 47.1 Å². The predicted molar refractivity (Wildman–Crippen MR) is 78.4 cm³/mol. The Balaban J connectivity index is 1.99. The van der Waals surface area contributed by atoms with Crippen molar-refractivity contribution in [3.8, 4) is 0 Å². The van der Waals surface area contributed by atoms with Crippen molar-refractivity contribution in [1.82, 2.24) is 10.3 Å². The van der Waals surface area contributed by atoms with E-state index in [1.807, 2.05) is 24.4 Å². The Morgan fingerprint density at radius 2 is 2.11 bits per heavy atom. The number of rotatable bonds is 4. The van der Waals surface area contributed by atoms with Gasteiger partial charge in [0.2, 0.25) is 0 Å². The van der Waals surface area contributed by atoms with Crippen LogP contribution in [0.1, 0.15) is 29.8 Å². The Bertz CT molecular complexity index is 511. The van der Waals surface area contributed by atoms with Gasteiger partial charge in [0.1, 0.15) is 0 Å². The summed E-state index contributed by atoms with van der Waals surface area (Å²) >= 11 is 3.60. The number of benzene rings is 1. The van der Waals surface area contributed by atoms with Crippen molar-refractivity contribution >= 4 is 15.9 Å². The highest BCUT2D eigenvalue weighted by Gasteiger charge is 2.06. The summed E-state index contributed by atoms with van der Waals surface area (Å²) in [5, 5.41) is 3.48. The Kier molecular flexibility index (Phi) is 4.50. The maximum absolute atomic E-state index is 4.35. The van der Waals surface area contributed by atoms with Crippen molar-refractivity contribution in [1.29, 1.82) is 0 Å². The molecular formula is C15H17BrN2. The molecule has 94 valence electrons. The molecule has 1 atom stereocenters. The van der Waals surface area contributed by atoms with Gasteiger partial charge in [-0.2, -0.15) is 0 Å². The highest BCUT2D eigenvalue weighted by atomic mass is 79.9. The van der Waals surface area contributed by atoms with Crippen LogP contribution in [0.4, 0.5) is 0 Å². The number of nitrogens with one attached hydrogen (secondary N) is 1. The van der Waals surface area contributed by atoms with E-state index in [0.29, 0.717) is 0 Å². The van der Waals surface area contributed by atoms with Gasteiger partial charge >= 0.3 is 0 Å². The summed E-state index contributed by atoms with van der Waals surface area (Å²) in [6, 6.07) is 12.7. The molecule has 1 heterocycles. The van der Waals surface area contributed by atoms with Crippen LogP contribution in [0.25, 0.3) is 0 Å². The molecule has 0 spiro atoms. The second-order valence-corrected chi connectivity index (χ2v) is 5.31. The van der Waals surface area contributed by atoms with Crippen LogP contribution in [0.3, 0.4) is 0 Å². The van der Waals surface area contributed by atoms with Gasteiger partial charge in [0.05, 0.1) is 5.69 Å². The zero-order valence-corrected chi connectivity index (χ0v) is 12.2. The molecule has 3 heteroatoms. The molecule has 0 saturated heterocycles. The molecule has 0 unspecified atom stereocenters. The SMILES string of the molecule is Cc1ccc(CN[C@H](C)c2ccccn2)c(Br)c1. The van der Waals surface area contributed by atoms with Gasteiger partial charge in [-0.25, -0.2) is 0 Å². The van der Waals surface area contributed by atoms with Gasteiger partial charge in [-0.05, 0) is 43.2 Å². The first kappa shape index (κ1) is 13.2. The molecule has 0 amide bonds. The van der Waals surface area contributed by atoms with Crippen LogP contribution in [-0.2, 0) is 6.54 Å². The van der Waals surface area contributed by atoms with Crippen LogP contribution < -0.4 is 5.32 Å². The third-order valence-electron chi connectivity index (χ3n) is 2.94. The molecule has 2 rings (SSSR count). The number of hydrogen-bond donors (Lipinski definition) is 1. The minimum atomic E-state index is 0.249. The highest BCUT2D eigenvalue weighted by molar-refractivity contribution is 9.10. The topological polar surface area (TPSA) is 24.9 Å². The molecule has 2 nitrogen and oxygen atoms in total. The van der Waals surface area contributed by atoms with Gasteiger partial charge in [-0.3, -0.25) is 4.98 Å². The number of pyridine rings is 1. The summed E-state index contributed by atoms with van der Waals surface area (Å²) in [5.74, 6) is 0.